The van der Waals surface area contributed by atoms with Crippen LogP contribution in [0.15, 0.2) is 53.4 Å². The van der Waals surface area contributed by atoms with Crippen molar-refractivity contribution in [3.05, 3.63) is 65.5 Å². The zero-order chi connectivity index (χ0) is 18.7. The smallest absolute Gasteiger partial charge is 0.251 e. The van der Waals surface area contributed by atoms with Crippen LogP contribution in [0.3, 0.4) is 0 Å². The Kier molecular flexibility index (Phi) is 5.38. The molecule has 0 radical (unpaired) electrons. The molecule has 0 bridgehead atoms. The first-order valence-electron chi connectivity index (χ1n) is 8.50. The number of benzene rings is 2. The van der Waals surface area contributed by atoms with Crippen LogP contribution in [0.1, 0.15) is 28.8 Å². The van der Waals surface area contributed by atoms with Gasteiger partial charge in [-0.05, 0) is 49.6 Å². The first-order chi connectivity index (χ1) is 12.4. The van der Waals surface area contributed by atoms with Crippen molar-refractivity contribution in [3.8, 4) is 0 Å². The third-order valence-electron chi connectivity index (χ3n) is 4.61. The fourth-order valence-corrected chi connectivity index (χ4v) is 4.61. The van der Waals surface area contributed by atoms with Crippen LogP contribution >= 0.6 is 0 Å². The Morgan fingerprint density at radius 1 is 1.12 bits per heavy atom. The molecule has 1 saturated heterocycles. The highest BCUT2D eigenvalue weighted by Crippen LogP contribution is 2.21. The molecule has 0 spiro atoms. The molecule has 5 nitrogen and oxygen atoms in total. The molecule has 0 aromatic heterocycles. The summed E-state index contributed by atoms with van der Waals surface area (Å²) in [6.07, 6.45) is 1.04. The van der Waals surface area contributed by atoms with E-state index in [-0.39, 0.29) is 29.9 Å². The van der Waals surface area contributed by atoms with Crippen molar-refractivity contribution in [2.24, 2.45) is 0 Å². The van der Waals surface area contributed by atoms with Crippen molar-refractivity contribution in [3.63, 3.8) is 0 Å². The quantitative estimate of drug-likeness (QED) is 0.892. The number of rotatable bonds is 4. The van der Waals surface area contributed by atoms with Crippen molar-refractivity contribution >= 4 is 15.9 Å². The van der Waals surface area contributed by atoms with E-state index >= 15 is 0 Å². The lowest BCUT2D eigenvalue weighted by Gasteiger charge is -2.31. The van der Waals surface area contributed by atoms with Gasteiger partial charge in [-0.15, -0.1) is 0 Å². The van der Waals surface area contributed by atoms with Crippen LogP contribution in [0.2, 0.25) is 0 Å². The van der Waals surface area contributed by atoms with Crippen molar-refractivity contribution in [1.82, 2.24) is 9.62 Å². The van der Waals surface area contributed by atoms with E-state index in [2.05, 4.69) is 5.32 Å². The van der Waals surface area contributed by atoms with Crippen LogP contribution in [0.4, 0.5) is 4.39 Å². The number of carbonyl (C=O) groups excluding carboxylic acids is 1. The molecule has 0 unspecified atom stereocenters. The van der Waals surface area contributed by atoms with E-state index in [1.165, 1.54) is 22.5 Å². The molecule has 7 heteroatoms. The summed E-state index contributed by atoms with van der Waals surface area (Å²) in [5.41, 5.74) is 1.53. The molecule has 1 aliphatic rings. The van der Waals surface area contributed by atoms with Gasteiger partial charge >= 0.3 is 0 Å². The summed E-state index contributed by atoms with van der Waals surface area (Å²) >= 11 is 0. The molecule has 1 N–H and O–H groups in total. The standard InChI is InChI=1S/C19H21FN2O3S/c1-14-5-2-3-8-18(14)19(23)21-16-9-11-22(12-10-16)26(24,25)17-7-4-6-15(20)13-17/h2-8,13,16H,9-12H2,1H3,(H,21,23). The molecule has 138 valence electrons. The van der Waals surface area contributed by atoms with Crippen molar-refractivity contribution in [1.29, 1.82) is 0 Å². The maximum atomic E-state index is 13.3. The van der Waals surface area contributed by atoms with Gasteiger partial charge in [0.2, 0.25) is 10.0 Å². The minimum absolute atomic E-state index is 0.0418. The summed E-state index contributed by atoms with van der Waals surface area (Å²) in [7, 11) is -3.71. The first-order valence-corrected chi connectivity index (χ1v) is 9.94. The molecule has 3 rings (SSSR count). The van der Waals surface area contributed by atoms with Crippen LogP contribution in [-0.2, 0) is 10.0 Å². The van der Waals surface area contributed by atoms with Crippen LogP contribution < -0.4 is 5.32 Å². The maximum absolute atomic E-state index is 13.3. The number of hydrogen-bond donors (Lipinski definition) is 1. The Hall–Kier alpha value is -2.25. The predicted molar refractivity (Wildman–Crippen MR) is 96.8 cm³/mol. The molecule has 26 heavy (non-hydrogen) atoms. The predicted octanol–water partition coefficient (Wildman–Crippen LogP) is 2.72. The van der Waals surface area contributed by atoms with Gasteiger partial charge in [-0.1, -0.05) is 24.3 Å². The number of hydrogen-bond acceptors (Lipinski definition) is 3. The summed E-state index contributed by atoms with van der Waals surface area (Å²) in [4.78, 5) is 12.3. The van der Waals surface area contributed by atoms with Gasteiger partial charge in [-0.25, -0.2) is 12.8 Å². The van der Waals surface area contributed by atoms with Crippen LogP contribution in [0.5, 0.6) is 0 Å². The summed E-state index contributed by atoms with van der Waals surface area (Å²) in [5, 5.41) is 2.98. The monoisotopic (exact) mass is 376 g/mol. The Morgan fingerprint density at radius 3 is 2.46 bits per heavy atom. The number of aryl methyl sites for hydroxylation is 1. The van der Waals surface area contributed by atoms with Gasteiger partial charge in [0.25, 0.3) is 5.91 Å². The van der Waals surface area contributed by atoms with Gasteiger partial charge in [-0.2, -0.15) is 4.31 Å². The highest BCUT2D eigenvalue weighted by molar-refractivity contribution is 7.89. The van der Waals surface area contributed by atoms with Crippen molar-refractivity contribution in [2.75, 3.05) is 13.1 Å². The average molecular weight is 376 g/mol. The summed E-state index contributed by atoms with van der Waals surface area (Å²) in [6, 6.07) is 12.3. The molecule has 1 heterocycles. The van der Waals surface area contributed by atoms with Gasteiger partial charge in [0.1, 0.15) is 5.82 Å². The SMILES string of the molecule is Cc1ccccc1C(=O)NC1CCN(S(=O)(=O)c2cccc(F)c2)CC1. The lowest BCUT2D eigenvalue weighted by atomic mass is 10.0. The number of sulfonamides is 1. The van der Waals surface area contributed by atoms with Crippen LogP contribution in [0, 0.1) is 12.7 Å². The van der Waals surface area contributed by atoms with Crippen LogP contribution in [-0.4, -0.2) is 37.8 Å². The largest absolute Gasteiger partial charge is 0.349 e. The van der Waals surface area contributed by atoms with E-state index in [4.69, 9.17) is 0 Å². The van der Waals surface area contributed by atoms with Crippen molar-refractivity contribution in [2.45, 2.75) is 30.7 Å². The van der Waals surface area contributed by atoms with E-state index in [9.17, 15) is 17.6 Å². The van der Waals surface area contributed by atoms with Gasteiger partial charge in [0, 0.05) is 24.7 Å². The maximum Gasteiger partial charge on any atom is 0.251 e. The van der Waals surface area contributed by atoms with E-state index in [1.807, 2.05) is 25.1 Å². The lowest BCUT2D eigenvalue weighted by Crippen LogP contribution is -2.46. The van der Waals surface area contributed by atoms with Gasteiger partial charge in [0.15, 0.2) is 0 Å². The molecule has 0 aliphatic carbocycles. The molecule has 2 aromatic carbocycles. The van der Waals surface area contributed by atoms with E-state index in [0.717, 1.165) is 11.6 Å². The number of nitrogens with zero attached hydrogens (tertiary/aromatic N) is 1. The Balaban J connectivity index is 1.62. The van der Waals surface area contributed by atoms with Gasteiger partial charge in [0.05, 0.1) is 4.90 Å². The second-order valence-electron chi connectivity index (χ2n) is 6.42. The van der Waals surface area contributed by atoms with Crippen LogP contribution in [0.25, 0.3) is 0 Å². The van der Waals surface area contributed by atoms with Gasteiger partial charge in [-0.3, -0.25) is 4.79 Å². The zero-order valence-electron chi connectivity index (χ0n) is 14.5. The van der Waals surface area contributed by atoms with Crippen molar-refractivity contribution < 1.29 is 17.6 Å². The van der Waals surface area contributed by atoms with E-state index in [1.54, 1.807) is 6.07 Å². The number of nitrogens with one attached hydrogen (secondary N) is 1. The number of carbonyl (C=O) groups is 1. The molecular formula is C19H21FN2O3S. The minimum atomic E-state index is -3.71. The summed E-state index contributed by atoms with van der Waals surface area (Å²) < 4.78 is 39.9. The Morgan fingerprint density at radius 2 is 1.81 bits per heavy atom. The first kappa shape index (κ1) is 18.5. The second kappa shape index (κ2) is 7.55. The summed E-state index contributed by atoms with van der Waals surface area (Å²) in [5.74, 6) is -0.721. The summed E-state index contributed by atoms with van der Waals surface area (Å²) in [6.45, 7) is 2.46. The Labute approximate surface area is 152 Å². The molecular weight excluding hydrogens is 355 g/mol. The number of amides is 1. The fraction of sp³-hybridized carbons (Fsp3) is 0.316. The molecule has 0 atom stereocenters. The number of piperidine rings is 1. The third kappa shape index (κ3) is 3.94. The zero-order valence-corrected chi connectivity index (χ0v) is 15.3. The molecule has 1 aliphatic heterocycles. The highest BCUT2D eigenvalue weighted by Gasteiger charge is 2.30. The normalized spacial score (nSPS) is 16.4. The molecule has 1 fully saturated rings. The number of halogens is 1. The molecule has 1 amide bonds. The van der Waals surface area contributed by atoms with E-state index in [0.29, 0.717) is 18.4 Å². The fourth-order valence-electron chi connectivity index (χ4n) is 3.11. The lowest BCUT2D eigenvalue weighted by molar-refractivity contribution is 0.0923. The third-order valence-corrected chi connectivity index (χ3v) is 6.51. The highest BCUT2D eigenvalue weighted by atomic mass is 32.2. The average Bonchev–Trinajstić information content (AvgIpc) is 2.62. The Bertz CT molecular complexity index is 907. The van der Waals surface area contributed by atoms with E-state index < -0.39 is 15.8 Å². The molecule has 0 saturated carbocycles. The topological polar surface area (TPSA) is 66.5 Å². The van der Waals surface area contributed by atoms with Gasteiger partial charge < -0.3 is 5.32 Å². The molecule has 2 aromatic rings. The second-order valence-corrected chi connectivity index (χ2v) is 8.36. The minimum Gasteiger partial charge on any atom is -0.349 e.